The van der Waals surface area contributed by atoms with Crippen molar-refractivity contribution in [3.05, 3.63) is 57.2 Å². The number of hydrogen-bond donors (Lipinski definition) is 1. The first kappa shape index (κ1) is 13.1. The van der Waals surface area contributed by atoms with E-state index in [2.05, 4.69) is 5.32 Å². The molecule has 1 heterocycles. The molecule has 2 rings (SSSR count). The molecule has 0 aliphatic rings. The van der Waals surface area contributed by atoms with E-state index in [0.717, 1.165) is 16.9 Å². The third kappa shape index (κ3) is 3.12. The molecule has 1 aromatic carbocycles. The number of amides is 1. The van der Waals surface area contributed by atoms with Crippen LogP contribution in [0.15, 0.2) is 41.8 Å². The van der Waals surface area contributed by atoms with Gasteiger partial charge in [0, 0.05) is 5.02 Å². The maximum absolute atomic E-state index is 12.0. The molecule has 0 saturated carbocycles. The van der Waals surface area contributed by atoms with Gasteiger partial charge in [-0.15, -0.1) is 11.3 Å². The summed E-state index contributed by atoms with van der Waals surface area (Å²) in [6.07, 6.45) is 0.831. The molecule has 0 spiro atoms. The molecule has 18 heavy (non-hydrogen) atoms. The number of rotatable bonds is 4. The summed E-state index contributed by atoms with van der Waals surface area (Å²) < 4.78 is 0. The quantitative estimate of drug-likeness (QED) is 0.889. The number of thiophene rings is 1. The molecular formula is C14H14ClNOS. The van der Waals surface area contributed by atoms with E-state index in [-0.39, 0.29) is 11.9 Å². The summed E-state index contributed by atoms with van der Waals surface area (Å²) >= 11 is 7.42. The lowest BCUT2D eigenvalue weighted by Gasteiger charge is -2.17. The fraction of sp³-hybridized carbons (Fsp3) is 0.214. The molecule has 4 heteroatoms. The summed E-state index contributed by atoms with van der Waals surface area (Å²) in [5, 5.41) is 5.61. The molecule has 0 aliphatic carbocycles. The minimum atomic E-state index is -0.0307. The van der Waals surface area contributed by atoms with Crippen molar-refractivity contribution in [3.8, 4) is 0 Å². The maximum Gasteiger partial charge on any atom is 0.261 e. The number of benzene rings is 1. The molecule has 1 aromatic heterocycles. The zero-order valence-corrected chi connectivity index (χ0v) is 11.6. The van der Waals surface area contributed by atoms with E-state index >= 15 is 0 Å². The molecule has 0 radical (unpaired) electrons. The van der Waals surface area contributed by atoms with E-state index in [9.17, 15) is 4.79 Å². The predicted molar refractivity (Wildman–Crippen MR) is 76.3 cm³/mol. The Balaban J connectivity index is 2.13. The Morgan fingerprint density at radius 3 is 2.83 bits per heavy atom. The molecule has 1 amide bonds. The van der Waals surface area contributed by atoms with Gasteiger partial charge in [-0.25, -0.2) is 0 Å². The van der Waals surface area contributed by atoms with E-state index in [1.54, 1.807) is 0 Å². The van der Waals surface area contributed by atoms with Gasteiger partial charge in [-0.05, 0) is 35.6 Å². The van der Waals surface area contributed by atoms with Gasteiger partial charge < -0.3 is 5.32 Å². The number of carbonyl (C=O) groups is 1. The molecule has 2 nitrogen and oxygen atoms in total. The van der Waals surface area contributed by atoms with E-state index < -0.39 is 0 Å². The average Bonchev–Trinajstić information content (AvgIpc) is 2.89. The molecule has 0 saturated heterocycles. The molecule has 94 valence electrons. The molecule has 0 fully saturated rings. The topological polar surface area (TPSA) is 29.1 Å². The minimum absolute atomic E-state index is 0.00157. The highest BCUT2D eigenvalue weighted by molar-refractivity contribution is 7.12. The lowest BCUT2D eigenvalue weighted by Crippen LogP contribution is -2.27. The summed E-state index contributed by atoms with van der Waals surface area (Å²) in [5.74, 6) is -0.0307. The van der Waals surface area contributed by atoms with Crippen LogP contribution in [0.3, 0.4) is 0 Å². The molecule has 1 atom stereocenters. The van der Waals surface area contributed by atoms with Crippen molar-refractivity contribution in [2.45, 2.75) is 19.4 Å². The van der Waals surface area contributed by atoms with Gasteiger partial charge in [-0.1, -0.05) is 36.7 Å². The zero-order chi connectivity index (χ0) is 13.0. The normalized spacial score (nSPS) is 12.1. The smallest absolute Gasteiger partial charge is 0.261 e. The summed E-state index contributed by atoms with van der Waals surface area (Å²) in [4.78, 5) is 12.7. The Hall–Kier alpha value is -1.32. The van der Waals surface area contributed by atoms with Crippen molar-refractivity contribution < 1.29 is 4.79 Å². The Kier molecular flexibility index (Phi) is 4.39. The monoisotopic (exact) mass is 279 g/mol. The highest BCUT2D eigenvalue weighted by Gasteiger charge is 2.14. The van der Waals surface area contributed by atoms with Crippen LogP contribution in [0.2, 0.25) is 5.02 Å². The van der Waals surface area contributed by atoms with Gasteiger partial charge in [0.15, 0.2) is 0 Å². The lowest BCUT2D eigenvalue weighted by molar-refractivity contribution is 0.0939. The maximum atomic E-state index is 12.0. The largest absolute Gasteiger partial charge is 0.345 e. The van der Waals surface area contributed by atoms with Gasteiger partial charge in [0.2, 0.25) is 0 Å². The van der Waals surface area contributed by atoms with Crippen LogP contribution in [0.5, 0.6) is 0 Å². The summed E-state index contributed by atoms with van der Waals surface area (Å²) in [7, 11) is 0. The fourth-order valence-corrected chi connectivity index (χ4v) is 2.61. The second-order valence-electron chi connectivity index (χ2n) is 3.97. The van der Waals surface area contributed by atoms with Crippen molar-refractivity contribution in [3.63, 3.8) is 0 Å². The van der Waals surface area contributed by atoms with Gasteiger partial charge in [0.25, 0.3) is 5.91 Å². The van der Waals surface area contributed by atoms with Crippen molar-refractivity contribution >= 4 is 28.8 Å². The molecule has 2 aromatic rings. The second kappa shape index (κ2) is 6.03. The van der Waals surface area contributed by atoms with Gasteiger partial charge in [0.05, 0.1) is 10.9 Å². The molecular weight excluding hydrogens is 266 g/mol. The fourth-order valence-electron chi connectivity index (χ4n) is 1.78. The first-order valence-electron chi connectivity index (χ1n) is 5.80. The van der Waals surface area contributed by atoms with Crippen LogP contribution < -0.4 is 5.32 Å². The lowest BCUT2D eigenvalue weighted by atomic mass is 10.0. The predicted octanol–water partition coefficient (Wildman–Crippen LogP) is 4.28. The number of halogens is 1. The first-order chi connectivity index (χ1) is 8.70. The average molecular weight is 280 g/mol. The van der Waals surface area contributed by atoms with Gasteiger partial charge >= 0.3 is 0 Å². The highest BCUT2D eigenvalue weighted by Crippen LogP contribution is 2.21. The number of nitrogens with one attached hydrogen (secondary N) is 1. The van der Waals surface area contributed by atoms with Crippen molar-refractivity contribution in [1.29, 1.82) is 0 Å². The van der Waals surface area contributed by atoms with E-state index in [1.807, 2.05) is 48.7 Å². The van der Waals surface area contributed by atoms with Crippen LogP contribution in [0, 0.1) is 0 Å². The summed E-state index contributed by atoms with van der Waals surface area (Å²) in [6.45, 7) is 2.04. The molecule has 0 aliphatic heterocycles. The van der Waals surface area contributed by atoms with Crippen LogP contribution in [0.4, 0.5) is 0 Å². The van der Waals surface area contributed by atoms with Gasteiger partial charge in [0.1, 0.15) is 0 Å². The summed E-state index contributed by atoms with van der Waals surface area (Å²) in [5.41, 5.74) is 1.04. The van der Waals surface area contributed by atoms with Crippen LogP contribution in [0.25, 0.3) is 0 Å². The van der Waals surface area contributed by atoms with E-state index in [4.69, 9.17) is 11.6 Å². The zero-order valence-electron chi connectivity index (χ0n) is 10.0. The molecule has 1 N–H and O–H groups in total. The Morgan fingerprint density at radius 2 is 2.22 bits per heavy atom. The number of hydrogen-bond acceptors (Lipinski definition) is 2. The second-order valence-corrected chi connectivity index (χ2v) is 5.35. The van der Waals surface area contributed by atoms with E-state index in [0.29, 0.717) is 5.02 Å². The Labute approximate surface area is 116 Å². The Bertz CT molecular complexity index is 524. The SMILES string of the molecule is CCC(NC(=O)c1cccs1)c1cccc(Cl)c1. The first-order valence-corrected chi connectivity index (χ1v) is 7.06. The van der Waals surface area contributed by atoms with Crippen LogP contribution in [-0.4, -0.2) is 5.91 Å². The summed E-state index contributed by atoms with van der Waals surface area (Å²) in [6, 6.07) is 11.3. The van der Waals surface area contributed by atoms with Crippen LogP contribution in [-0.2, 0) is 0 Å². The molecule has 0 bridgehead atoms. The van der Waals surface area contributed by atoms with Crippen molar-refractivity contribution in [2.24, 2.45) is 0 Å². The van der Waals surface area contributed by atoms with E-state index in [1.165, 1.54) is 11.3 Å². The van der Waals surface area contributed by atoms with Crippen molar-refractivity contribution in [1.82, 2.24) is 5.32 Å². The standard InChI is InChI=1S/C14H14ClNOS/c1-2-12(10-5-3-6-11(15)9-10)16-14(17)13-7-4-8-18-13/h3-9,12H,2H2,1H3,(H,16,17). The van der Waals surface area contributed by atoms with Crippen LogP contribution >= 0.6 is 22.9 Å². The Morgan fingerprint density at radius 1 is 1.39 bits per heavy atom. The number of carbonyl (C=O) groups excluding carboxylic acids is 1. The van der Waals surface area contributed by atoms with Gasteiger partial charge in [-0.2, -0.15) is 0 Å². The third-order valence-electron chi connectivity index (χ3n) is 2.71. The van der Waals surface area contributed by atoms with Gasteiger partial charge in [-0.3, -0.25) is 4.79 Å². The highest BCUT2D eigenvalue weighted by atomic mass is 35.5. The minimum Gasteiger partial charge on any atom is -0.345 e. The van der Waals surface area contributed by atoms with Crippen LogP contribution in [0.1, 0.15) is 34.6 Å². The third-order valence-corrected chi connectivity index (χ3v) is 3.81. The van der Waals surface area contributed by atoms with Crippen molar-refractivity contribution in [2.75, 3.05) is 0 Å². The molecule has 1 unspecified atom stereocenters.